The summed E-state index contributed by atoms with van der Waals surface area (Å²) in [7, 11) is -3.82. The van der Waals surface area contributed by atoms with Crippen LogP contribution in [0.2, 0.25) is 0 Å². The van der Waals surface area contributed by atoms with Crippen LogP contribution < -0.4 is 5.14 Å². The molecule has 22 heavy (non-hydrogen) atoms. The molecule has 0 unspecified atom stereocenters. The number of carboxylic acid groups (broad SMARTS) is 1. The Labute approximate surface area is 125 Å². The summed E-state index contributed by atoms with van der Waals surface area (Å²) < 4.78 is 22.9. The quantitative estimate of drug-likeness (QED) is 0.676. The Kier molecular flexibility index (Phi) is 3.19. The number of hydrogen-bond donors (Lipinski definition) is 3. The van der Waals surface area contributed by atoms with Crippen molar-refractivity contribution >= 4 is 26.9 Å². The maximum Gasteiger partial charge on any atom is 0.335 e. The smallest absolute Gasteiger partial charge is 0.335 e. The first-order valence-corrected chi connectivity index (χ1v) is 7.75. The van der Waals surface area contributed by atoms with Crippen LogP contribution in [0.4, 0.5) is 0 Å². The molecule has 112 valence electrons. The molecule has 1 aromatic heterocycles. The molecule has 1 heterocycles. The monoisotopic (exact) mass is 317 g/mol. The van der Waals surface area contributed by atoms with Gasteiger partial charge in [0.15, 0.2) is 0 Å². The lowest BCUT2D eigenvalue weighted by molar-refractivity contribution is 0.0697. The number of rotatable bonds is 3. The van der Waals surface area contributed by atoms with Gasteiger partial charge in [-0.3, -0.25) is 5.10 Å². The van der Waals surface area contributed by atoms with Gasteiger partial charge in [0.05, 0.1) is 21.7 Å². The van der Waals surface area contributed by atoms with Crippen molar-refractivity contribution in [2.24, 2.45) is 5.14 Å². The zero-order valence-electron chi connectivity index (χ0n) is 11.1. The van der Waals surface area contributed by atoms with Crippen LogP contribution in [-0.4, -0.2) is 29.7 Å². The number of nitrogens with zero attached hydrogens (tertiary/aromatic N) is 1. The van der Waals surface area contributed by atoms with E-state index in [1.807, 2.05) is 0 Å². The average Bonchev–Trinajstić information content (AvgIpc) is 2.89. The maximum absolute atomic E-state index is 11.4. The van der Waals surface area contributed by atoms with E-state index in [1.54, 1.807) is 18.2 Å². The molecule has 0 saturated carbocycles. The molecule has 0 bridgehead atoms. The number of nitrogens with one attached hydrogen (secondary N) is 1. The van der Waals surface area contributed by atoms with Gasteiger partial charge in [-0.2, -0.15) is 5.10 Å². The van der Waals surface area contributed by atoms with Crippen LogP contribution in [0.1, 0.15) is 10.4 Å². The molecular formula is C14H11N3O4S. The summed E-state index contributed by atoms with van der Waals surface area (Å²) in [4.78, 5) is 11.0. The fourth-order valence-electron chi connectivity index (χ4n) is 2.19. The minimum absolute atomic E-state index is 0.0319. The molecule has 3 rings (SSSR count). The molecule has 0 radical (unpaired) electrons. The van der Waals surface area contributed by atoms with E-state index in [1.165, 1.54) is 24.3 Å². The number of fused-ring (bicyclic) bond motifs is 1. The molecule has 4 N–H and O–H groups in total. The molecule has 0 aliphatic heterocycles. The van der Waals surface area contributed by atoms with Crippen LogP contribution >= 0.6 is 0 Å². The topological polar surface area (TPSA) is 126 Å². The highest BCUT2D eigenvalue weighted by Gasteiger charge is 2.14. The third-order valence-corrected chi connectivity index (χ3v) is 4.16. The molecule has 0 aliphatic rings. The summed E-state index contributed by atoms with van der Waals surface area (Å²) in [5, 5.41) is 21.7. The van der Waals surface area contributed by atoms with Gasteiger partial charge in [0, 0.05) is 10.9 Å². The summed E-state index contributed by atoms with van der Waals surface area (Å²) in [6.07, 6.45) is 0. The second kappa shape index (κ2) is 4.93. The number of aromatic nitrogens is 2. The van der Waals surface area contributed by atoms with Crippen LogP contribution in [0.5, 0.6) is 0 Å². The van der Waals surface area contributed by atoms with Crippen molar-refractivity contribution < 1.29 is 18.3 Å². The van der Waals surface area contributed by atoms with Gasteiger partial charge in [0.25, 0.3) is 0 Å². The third-order valence-electron chi connectivity index (χ3n) is 3.25. The van der Waals surface area contributed by atoms with E-state index in [4.69, 9.17) is 10.2 Å². The number of primary sulfonamides is 1. The molecular weight excluding hydrogens is 306 g/mol. The van der Waals surface area contributed by atoms with Crippen molar-refractivity contribution in [3.8, 4) is 11.3 Å². The summed E-state index contributed by atoms with van der Waals surface area (Å²) in [5.74, 6) is -1.05. The van der Waals surface area contributed by atoms with E-state index in [0.29, 0.717) is 22.2 Å². The van der Waals surface area contributed by atoms with Crippen molar-refractivity contribution in [2.45, 2.75) is 4.90 Å². The van der Waals surface area contributed by atoms with E-state index in [2.05, 4.69) is 10.2 Å². The molecule has 0 spiro atoms. The number of aromatic carboxylic acids is 1. The zero-order valence-corrected chi connectivity index (χ0v) is 12.0. The first kappa shape index (κ1) is 14.2. The van der Waals surface area contributed by atoms with E-state index in [9.17, 15) is 13.2 Å². The van der Waals surface area contributed by atoms with Gasteiger partial charge in [0.2, 0.25) is 10.0 Å². The van der Waals surface area contributed by atoms with Crippen molar-refractivity contribution in [2.75, 3.05) is 0 Å². The number of carboxylic acids is 1. The van der Waals surface area contributed by atoms with Crippen molar-refractivity contribution in [1.29, 1.82) is 0 Å². The van der Waals surface area contributed by atoms with Gasteiger partial charge < -0.3 is 5.11 Å². The van der Waals surface area contributed by atoms with Gasteiger partial charge in [-0.1, -0.05) is 12.1 Å². The molecule has 0 aliphatic carbocycles. The predicted molar refractivity (Wildman–Crippen MR) is 79.9 cm³/mol. The third kappa shape index (κ3) is 2.45. The van der Waals surface area contributed by atoms with Gasteiger partial charge in [-0.25, -0.2) is 18.4 Å². The number of aromatic amines is 1. The summed E-state index contributed by atoms with van der Waals surface area (Å²) in [6, 6.07) is 10.6. The first-order valence-electron chi connectivity index (χ1n) is 6.21. The Hall–Kier alpha value is -2.71. The van der Waals surface area contributed by atoms with Gasteiger partial charge >= 0.3 is 5.97 Å². The van der Waals surface area contributed by atoms with Gasteiger partial charge in [-0.15, -0.1) is 0 Å². The number of sulfonamides is 1. The largest absolute Gasteiger partial charge is 0.478 e. The van der Waals surface area contributed by atoms with Crippen LogP contribution in [-0.2, 0) is 10.0 Å². The van der Waals surface area contributed by atoms with E-state index < -0.39 is 16.0 Å². The van der Waals surface area contributed by atoms with Gasteiger partial charge in [-0.05, 0) is 30.3 Å². The minimum Gasteiger partial charge on any atom is -0.478 e. The number of hydrogen-bond acceptors (Lipinski definition) is 4. The standard InChI is InChI=1S/C14H11N3O4S/c15-22(20,21)10-3-1-2-8(6-10)13-11-7-9(14(18)19)4-5-12(11)16-17-13/h1-7H,(H,16,17)(H,18,19)(H2,15,20,21). The highest BCUT2D eigenvalue weighted by molar-refractivity contribution is 7.89. The van der Waals surface area contributed by atoms with Crippen molar-refractivity contribution in [3.05, 3.63) is 48.0 Å². The second-order valence-electron chi connectivity index (χ2n) is 4.71. The molecule has 0 amide bonds. The van der Waals surface area contributed by atoms with Gasteiger partial charge in [0.1, 0.15) is 0 Å². The Bertz CT molecular complexity index is 992. The van der Waals surface area contributed by atoms with E-state index >= 15 is 0 Å². The number of benzene rings is 2. The van der Waals surface area contributed by atoms with Crippen LogP contribution in [0.15, 0.2) is 47.4 Å². The lowest BCUT2D eigenvalue weighted by Gasteiger charge is -2.02. The Morgan fingerprint density at radius 1 is 1.18 bits per heavy atom. The maximum atomic E-state index is 11.4. The number of nitrogens with two attached hydrogens (primary N) is 1. The summed E-state index contributed by atoms with van der Waals surface area (Å²) >= 11 is 0. The Balaban J connectivity index is 2.22. The van der Waals surface area contributed by atoms with Crippen LogP contribution in [0.3, 0.4) is 0 Å². The lowest BCUT2D eigenvalue weighted by atomic mass is 10.1. The van der Waals surface area contributed by atoms with Crippen molar-refractivity contribution in [1.82, 2.24) is 10.2 Å². The normalized spacial score (nSPS) is 11.7. The van der Waals surface area contributed by atoms with E-state index in [0.717, 1.165) is 0 Å². The molecule has 0 fully saturated rings. The number of carbonyl (C=O) groups is 1. The molecule has 3 aromatic rings. The van der Waals surface area contributed by atoms with Crippen molar-refractivity contribution in [3.63, 3.8) is 0 Å². The molecule has 7 nitrogen and oxygen atoms in total. The lowest BCUT2D eigenvalue weighted by Crippen LogP contribution is -2.11. The summed E-state index contributed by atoms with van der Waals surface area (Å²) in [5.41, 5.74) is 1.77. The Morgan fingerprint density at radius 3 is 2.64 bits per heavy atom. The molecule has 0 atom stereocenters. The molecule has 2 aromatic carbocycles. The number of H-pyrrole nitrogens is 1. The fraction of sp³-hybridized carbons (Fsp3) is 0. The predicted octanol–water partition coefficient (Wildman–Crippen LogP) is 1.58. The second-order valence-corrected chi connectivity index (χ2v) is 6.27. The molecule has 0 saturated heterocycles. The average molecular weight is 317 g/mol. The Morgan fingerprint density at radius 2 is 1.95 bits per heavy atom. The SMILES string of the molecule is NS(=O)(=O)c1cccc(-c2n[nH]c3ccc(C(=O)O)cc23)c1. The zero-order chi connectivity index (χ0) is 15.9. The summed E-state index contributed by atoms with van der Waals surface area (Å²) in [6.45, 7) is 0. The molecule has 8 heteroatoms. The van der Waals surface area contributed by atoms with Crippen LogP contribution in [0.25, 0.3) is 22.2 Å². The first-order chi connectivity index (χ1) is 10.4. The fourth-order valence-corrected chi connectivity index (χ4v) is 2.75. The minimum atomic E-state index is -3.82. The van der Waals surface area contributed by atoms with Crippen LogP contribution in [0, 0.1) is 0 Å². The van der Waals surface area contributed by atoms with E-state index in [-0.39, 0.29) is 10.5 Å². The highest BCUT2D eigenvalue weighted by atomic mass is 32.2. The highest BCUT2D eigenvalue weighted by Crippen LogP contribution is 2.28.